The first-order chi connectivity index (χ1) is 11.1. The van der Waals surface area contributed by atoms with Crippen molar-refractivity contribution in [3.63, 3.8) is 0 Å². The molecule has 2 heteroatoms. The second kappa shape index (κ2) is 6.57. The van der Waals surface area contributed by atoms with E-state index in [2.05, 4.69) is 49.2 Å². The van der Waals surface area contributed by atoms with Crippen LogP contribution in [0.3, 0.4) is 0 Å². The minimum Gasteiger partial charge on any atom is -0.151 e. The maximum absolute atomic E-state index is 4.46. The Balaban J connectivity index is 2.03. The summed E-state index contributed by atoms with van der Waals surface area (Å²) < 4.78 is 0. The molecule has 0 aliphatic rings. The summed E-state index contributed by atoms with van der Waals surface area (Å²) in [5, 5.41) is 8.81. The van der Waals surface area contributed by atoms with Crippen LogP contribution in [0.2, 0.25) is 0 Å². The standard InChI is InChI=1S/C21H20N2/c1-15-13-18(14-16(2)17(15)3)20-11-7-8-12-21(20)23-22-19-9-5-4-6-10-19/h4-14H,1-3H3/b23-22+. The first-order valence-electron chi connectivity index (χ1n) is 7.79. The van der Waals surface area contributed by atoms with Crippen molar-refractivity contribution in [3.05, 3.63) is 83.4 Å². The summed E-state index contributed by atoms with van der Waals surface area (Å²) in [7, 11) is 0. The van der Waals surface area contributed by atoms with Crippen molar-refractivity contribution in [2.75, 3.05) is 0 Å². The largest absolute Gasteiger partial charge is 0.151 e. The van der Waals surface area contributed by atoms with Gasteiger partial charge in [0.15, 0.2) is 0 Å². The SMILES string of the molecule is Cc1cc(-c2ccccc2/N=N/c2ccccc2)cc(C)c1C. The van der Waals surface area contributed by atoms with Gasteiger partial charge in [0.2, 0.25) is 0 Å². The zero-order valence-electron chi connectivity index (χ0n) is 13.7. The van der Waals surface area contributed by atoms with Crippen LogP contribution in [0, 0.1) is 20.8 Å². The Labute approximate surface area is 137 Å². The van der Waals surface area contributed by atoms with Crippen LogP contribution in [-0.4, -0.2) is 0 Å². The Bertz CT molecular complexity index is 826. The first kappa shape index (κ1) is 15.2. The van der Waals surface area contributed by atoms with Crippen molar-refractivity contribution in [1.29, 1.82) is 0 Å². The average Bonchev–Trinajstić information content (AvgIpc) is 2.58. The molecule has 0 aromatic heterocycles. The molecule has 0 saturated carbocycles. The summed E-state index contributed by atoms with van der Waals surface area (Å²) in [5.41, 5.74) is 7.99. The number of hydrogen-bond donors (Lipinski definition) is 0. The third-order valence-corrected chi connectivity index (χ3v) is 4.17. The quantitative estimate of drug-likeness (QED) is 0.481. The third-order valence-electron chi connectivity index (χ3n) is 4.17. The highest BCUT2D eigenvalue weighted by Gasteiger charge is 2.07. The van der Waals surface area contributed by atoms with Gasteiger partial charge in [-0.05, 0) is 61.2 Å². The molecule has 0 aliphatic carbocycles. The van der Waals surface area contributed by atoms with E-state index in [1.54, 1.807) is 0 Å². The molecular weight excluding hydrogens is 280 g/mol. The average molecular weight is 300 g/mol. The van der Waals surface area contributed by atoms with Crippen LogP contribution in [0.25, 0.3) is 11.1 Å². The Morgan fingerprint density at radius 3 is 1.96 bits per heavy atom. The van der Waals surface area contributed by atoms with Gasteiger partial charge in [0.25, 0.3) is 0 Å². The molecule has 114 valence electrons. The van der Waals surface area contributed by atoms with Crippen molar-refractivity contribution in [2.24, 2.45) is 10.2 Å². The smallest absolute Gasteiger partial charge is 0.0935 e. The van der Waals surface area contributed by atoms with Crippen LogP contribution < -0.4 is 0 Å². The summed E-state index contributed by atoms with van der Waals surface area (Å²) in [5.74, 6) is 0. The molecule has 0 amide bonds. The fraction of sp³-hybridized carbons (Fsp3) is 0.143. The molecule has 3 aromatic rings. The van der Waals surface area contributed by atoms with Gasteiger partial charge < -0.3 is 0 Å². The van der Waals surface area contributed by atoms with Crippen molar-refractivity contribution in [1.82, 2.24) is 0 Å². The van der Waals surface area contributed by atoms with Crippen LogP contribution in [0.1, 0.15) is 16.7 Å². The minimum absolute atomic E-state index is 0.860. The first-order valence-corrected chi connectivity index (χ1v) is 7.79. The molecule has 3 aromatic carbocycles. The lowest BCUT2D eigenvalue weighted by Crippen LogP contribution is -1.89. The van der Waals surface area contributed by atoms with E-state index in [1.807, 2.05) is 48.5 Å². The van der Waals surface area contributed by atoms with Gasteiger partial charge in [-0.2, -0.15) is 5.11 Å². The Morgan fingerprint density at radius 2 is 1.26 bits per heavy atom. The highest BCUT2D eigenvalue weighted by atomic mass is 15.1. The summed E-state index contributed by atoms with van der Waals surface area (Å²) >= 11 is 0. The lowest BCUT2D eigenvalue weighted by molar-refractivity contribution is 1.23. The molecule has 0 atom stereocenters. The number of hydrogen-bond acceptors (Lipinski definition) is 2. The topological polar surface area (TPSA) is 24.7 Å². The van der Waals surface area contributed by atoms with Gasteiger partial charge in [0.1, 0.15) is 0 Å². The van der Waals surface area contributed by atoms with Gasteiger partial charge in [0, 0.05) is 5.56 Å². The van der Waals surface area contributed by atoms with Crippen LogP contribution in [-0.2, 0) is 0 Å². The number of nitrogens with zero attached hydrogens (tertiary/aromatic N) is 2. The molecule has 0 saturated heterocycles. The molecule has 0 bridgehead atoms. The lowest BCUT2D eigenvalue weighted by Gasteiger charge is -2.11. The van der Waals surface area contributed by atoms with Crippen molar-refractivity contribution >= 4 is 11.4 Å². The van der Waals surface area contributed by atoms with Crippen molar-refractivity contribution in [3.8, 4) is 11.1 Å². The van der Waals surface area contributed by atoms with E-state index in [1.165, 1.54) is 22.3 Å². The molecule has 0 unspecified atom stereocenters. The lowest BCUT2D eigenvalue weighted by atomic mass is 9.96. The normalized spacial score (nSPS) is 11.1. The van der Waals surface area contributed by atoms with Gasteiger partial charge in [-0.1, -0.05) is 48.5 Å². The third kappa shape index (κ3) is 3.37. The molecule has 0 radical (unpaired) electrons. The van der Waals surface area contributed by atoms with Crippen LogP contribution in [0.15, 0.2) is 77.0 Å². The zero-order valence-corrected chi connectivity index (χ0v) is 13.7. The van der Waals surface area contributed by atoms with Gasteiger partial charge >= 0.3 is 0 Å². The molecule has 0 heterocycles. The zero-order chi connectivity index (χ0) is 16.2. The molecule has 2 nitrogen and oxygen atoms in total. The van der Waals surface area contributed by atoms with E-state index in [0.29, 0.717) is 0 Å². The molecule has 0 fully saturated rings. The molecule has 0 spiro atoms. The second-order valence-electron chi connectivity index (χ2n) is 5.79. The van der Waals surface area contributed by atoms with Crippen LogP contribution in [0.4, 0.5) is 11.4 Å². The van der Waals surface area contributed by atoms with E-state index in [9.17, 15) is 0 Å². The van der Waals surface area contributed by atoms with E-state index in [-0.39, 0.29) is 0 Å². The molecule has 3 rings (SSSR count). The predicted octanol–water partition coefficient (Wildman–Crippen LogP) is 6.69. The van der Waals surface area contributed by atoms with E-state index < -0.39 is 0 Å². The summed E-state index contributed by atoms with van der Waals surface area (Å²) in [6.07, 6.45) is 0. The van der Waals surface area contributed by atoms with E-state index in [0.717, 1.165) is 16.9 Å². The Hall–Kier alpha value is -2.74. The van der Waals surface area contributed by atoms with Crippen molar-refractivity contribution < 1.29 is 0 Å². The maximum Gasteiger partial charge on any atom is 0.0935 e. The van der Waals surface area contributed by atoms with Crippen molar-refractivity contribution in [2.45, 2.75) is 20.8 Å². The minimum atomic E-state index is 0.860. The second-order valence-corrected chi connectivity index (χ2v) is 5.79. The van der Waals surface area contributed by atoms with Crippen LogP contribution >= 0.6 is 0 Å². The predicted molar refractivity (Wildman–Crippen MR) is 96.7 cm³/mol. The molecule has 0 N–H and O–H groups in total. The van der Waals surface area contributed by atoms with Gasteiger partial charge in [-0.3, -0.25) is 0 Å². The van der Waals surface area contributed by atoms with E-state index in [4.69, 9.17) is 0 Å². The van der Waals surface area contributed by atoms with Gasteiger partial charge in [-0.15, -0.1) is 5.11 Å². The maximum atomic E-state index is 4.46. The fourth-order valence-electron chi connectivity index (χ4n) is 2.60. The number of aryl methyl sites for hydroxylation is 2. The monoisotopic (exact) mass is 300 g/mol. The summed E-state index contributed by atoms with van der Waals surface area (Å²) in [4.78, 5) is 0. The highest BCUT2D eigenvalue weighted by molar-refractivity contribution is 5.77. The molecular formula is C21H20N2. The van der Waals surface area contributed by atoms with Gasteiger partial charge in [0.05, 0.1) is 11.4 Å². The Morgan fingerprint density at radius 1 is 0.652 bits per heavy atom. The fourth-order valence-corrected chi connectivity index (χ4v) is 2.60. The summed E-state index contributed by atoms with van der Waals surface area (Å²) in [6, 6.07) is 22.4. The summed E-state index contributed by atoms with van der Waals surface area (Å²) in [6.45, 7) is 6.47. The number of azo groups is 1. The van der Waals surface area contributed by atoms with Gasteiger partial charge in [-0.25, -0.2) is 0 Å². The molecule has 0 aliphatic heterocycles. The number of benzene rings is 3. The number of rotatable bonds is 3. The molecule has 23 heavy (non-hydrogen) atoms. The Kier molecular flexibility index (Phi) is 4.33. The highest BCUT2D eigenvalue weighted by Crippen LogP contribution is 2.33. The van der Waals surface area contributed by atoms with E-state index >= 15 is 0 Å². The van der Waals surface area contributed by atoms with Crippen LogP contribution in [0.5, 0.6) is 0 Å².